The summed E-state index contributed by atoms with van der Waals surface area (Å²) in [7, 11) is 0. The number of hydrogen-bond donors (Lipinski definition) is 4. The molecule has 0 spiro atoms. The Morgan fingerprint density at radius 2 is 1.78 bits per heavy atom. The van der Waals surface area contributed by atoms with Gasteiger partial charge in [-0.15, -0.1) is 0 Å². The van der Waals surface area contributed by atoms with Gasteiger partial charge in [-0.05, 0) is 82.3 Å². The first-order valence-corrected chi connectivity index (χ1v) is 12.0. The highest BCUT2D eigenvalue weighted by Crippen LogP contribution is 2.34. The summed E-state index contributed by atoms with van der Waals surface area (Å²) in [6, 6.07) is 6.10. The normalized spacial score (nSPS) is 16.2. The van der Waals surface area contributed by atoms with Crippen molar-refractivity contribution in [2.45, 2.75) is 58.7 Å². The lowest BCUT2D eigenvalue weighted by atomic mass is 9.85. The van der Waals surface area contributed by atoms with E-state index in [9.17, 15) is 18.3 Å². The maximum absolute atomic E-state index is 12.7. The molecule has 0 aliphatic carbocycles. The minimum absolute atomic E-state index is 0.265. The first-order chi connectivity index (χ1) is 17.0. The zero-order valence-electron chi connectivity index (χ0n) is 20.9. The Kier molecular flexibility index (Phi) is 7.51. The Hall–Kier alpha value is -3.18. The van der Waals surface area contributed by atoms with Gasteiger partial charge < -0.3 is 20.6 Å². The van der Waals surface area contributed by atoms with Crippen molar-refractivity contribution in [3.8, 4) is 0 Å². The van der Waals surface area contributed by atoms with Gasteiger partial charge in [-0.3, -0.25) is 5.10 Å². The van der Waals surface area contributed by atoms with E-state index in [0.29, 0.717) is 30.7 Å². The number of H-pyrrole nitrogens is 1. The number of anilines is 4. The molecule has 1 aliphatic rings. The average molecular weight is 504 g/mol. The van der Waals surface area contributed by atoms with Gasteiger partial charge in [0.1, 0.15) is 5.82 Å². The van der Waals surface area contributed by atoms with Crippen molar-refractivity contribution >= 4 is 23.3 Å². The largest absolute Gasteiger partial charge is 0.415 e. The summed E-state index contributed by atoms with van der Waals surface area (Å²) in [5.74, 6) is 2.06. The van der Waals surface area contributed by atoms with Crippen molar-refractivity contribution in [1.29, 1.82) is 0 Å². The summed E-state index contributed by atoms with van der Waals surface area (Å²) >= 11 is 0. The summed E-state index contributed by atoms with van der Waals surface area (Å²) in [6.07, 6.45) is -3.63. The number of piperidine rings is 1. The van der Waals surface area contributed by atoms with Gasteiger partial charge in [0.05, 0.1) is 0 Å². The van der Waals surface area contributed by atoms with E-state index in [1.807, 2.05) is 33.8 Å². The zero-order valence-corrected chi connectivity index (χ0v) is 20.9. The van der Waals surface area contributed by atoms with Crippen molar-refractivity contribution in [3.63, 3.8) is 0 Å². The molecule has 1 fully saturated rings. The second-order valence-electron chi connectivity index (χ2n) is 9.57. The van der Waals surface area contributed by atoms with Crippen LogP contribution in [0.2, 0.25) is 0 Å². The maximum atomic E-state index is 12.7. The van der Waals surface area contributed by atoms with Crippen LogP contribution < -0.4 is 10.6 Å². The highest BCUT2D eigenvalue weighted by Gasteiger charge is 2.39. The smallest absolute Gasteiger partial charge is 0.382 e. The number of hydrogen-bond acceptors (Lipinski definition) is 7. The standard InChI is InChI=1S/C25H32F3N7O/c1-14-10-20(30-24-29-12-16(3)23(32-24)31-22-11-17(4)33-34-22)15(2)9-19(14)18-5-7-35(8-6-18)13-21(36)25(26,27)28/h9-12,18,21,36H,5-8,13H2,1-4H3,(H3,29,30,31,32,33,34). The van der Waals surface area contributed by atoms with Crippen LogP contribution in [0.15, 0.2) is 24.4 Å². The molecule has 1 aliphatic heterocycles. The van der Waals surface area contributed by atoms with Gasteiger partial charge in [-0.1, -0.05) is 6.07 Å². The molecule has 8 nitrogen and oxygen atoms in total. The molecule has 4 rings (SSSR count). The van der Waals surface area contributed by atoms with Crippen LogP contribution in [-0.2, 0) is 0 Å². The monoisotopic (exact) mass is 503 g/mol. The predicted octanol–water partition coefficient (Wildman–Crippen LogP) is 5.02. The van der Waals surface area contributed by atoms with Crippen LogP contribution in [0.3, 0.4) is 0 Å². The fraction of sp³-hybridized carbons (Fsp3) is 0.480. The van der Waals surface area contributed by atoms with Crippen LogP contribution in [0.4, 0.5) is 36.4 Å². The molecule has 0 saturated carbocycles. The number of alkyl halides is 3. The van der Waals surface area contributed by atoms with Crippen LogP contribution in [0.5, 0.6) is 0 Å². The molecule has 194 valence electrons. The number of benzene rings is 1. The van der Waals surface area contributed by atoms with Crippen LogP contribution in [0, 0.1) is 27.7 Å². The number of nitrogens with one attached hydrogen (secondary N) is 3. The number of halogens is 3. The molecule has 1 unspecified atom stereocenters. The number of aliphatic hydroxyl groups excluding tert-OH is 1. The lowest BCUT2D eigenvalue weighted by Crippen LogP contribution is -2.44. The topological polar surface area (TPSA) is 102 Å². The molecule has 1 atom stereocenters. The molecule has 36 heavy (non-hydrogen) atoms. The maximum Gasteiger partial charge on any atom is 0.415 e. The third-order valence-corrected chi connectivity index (χ3v) is 6.62. The fourth-order valence-corrected chi connectivity index (χ4v) is 4.54. The van der Waals surface area contributed by atoms with Crippen molar-refractivity contribution in [2.24, 2.45) is 0 Å². The van der Waals surface area contributed by atoms with Crippen molar-refractivity contribution in [2.75, 3.05) is 30.3 Å². The van der Waals surface area contributed by atoms with Crippen LogP contribution in [0.1, 0.15) is 46.7 Å². The van der Waals surface area contributed by atoms with E-state index in [1.165, 1.54) is 5.56 Å². The minimum atomic E-state index is -4.58. The van der Waals surface area contributed by atoms with Gasteiger partial charge in [0.15, 0.2) is 11.9 Å². The summed E-state index contributed by atoms with van der Waals surface area (Å²) in [5, 5.41) is 23.0. The van der Waals surface area contributed by atoms with E-state index >= 15 is 0 Å². The van der Waals surface area contributed by atoms with Crippen LogP contribution in [0.25, 0.3) is 0 Å². The van der Waals surface area contributed by atoms with Gasteiger partial charge in [0, 0.05) is 35.8 Å². The first kappa shape index (κ1) is 25.9. The molecule has 2 aromatic heterocycles. The van der Waals surface area contributed by atoms with Gasteiger partial charge >= 0.3 is 6.18 Å². The number of nitrogens with zero attached hydrogens (tertiary/aromatic N) is 4. The summed E-state index contributed by atoms with van der Waals surface area (Å²) in [5.41, 5.74) is 6.07. The molecule has 0 amide bonds. The molecule has 0 radical (unpaired) electrons. The minimum Gasteiger partial charge on any atom is -0.382 e. The number of β-amino-alcohol motifs (C(OH)–C–C–N with tert-alkyl or cyclic N) is 1. The highest BCUT2D eigenvalue weighted by molar-refractivity contribution is 5.64. The quantitative estimate of drug-likeness (QED) is 0.359. The van der Waals surface area contributed by atoms with Crippen molar-refractivity contribution < 1.29 is 18.3 Å². The molecule has 11 heteroatoms. The van der Waals surface area contributed by atoms with Gasteiger partial charge in [0.2, 0.25) is 5.95 Å². The van der Waals surface area contributed by atoms with Crippen molar-refractivity contribution in [3.05, 3.63) is 52.3 Å². The van der Waals surface area contributed by atoms with E-state index in [0.717, 1.165) is 40.9 Å². The van der Waals surface area contributed by atoms with Crippen LogP contribution in [-0.4, -0.2) is 62.1 Å². The number of aromatic nitrogens is 4. The van der Waals surface area contributed by atoms with E-state index < -0.39 is 12.3 Å². The third kappa shape index (κ3) is 6.14. The molecule has 1 aromatic carbocycles. The Morgan fingerprint density at radius 1 is 1.06 bits per heavy atom. The Labute approximate surface area is 208 Å². The number of aryl methyl sites for hydroxylation is 4. The summed E-state index contributed by atoms with van der Waals surface area (Å²) in [6.45, 7) is 8.59. The lowest BCUT2D eigenvalue weighted by molar-refractivity contribution is -0.208. The first-order valence-electron chi connectivity index (χ1n) is 12.0. The predicted molar refractivity (Wildman–Crippen MR) is 133 cm³/mol. The zero-order chi connectivity index (χ0) is 26.0. The second-order valence-corrected chi connectivity index (χ2v) is 9.57. The molecular weight excluding hydrogens is 471 g/mol. The highest BCUT2D eigenvalue weighted by atomic mass is 19.4. The van der Waals surface area contributed by atoms with Gasteiger partial charge in [-0.2, -0.15) is 23.3 Å². The SMILES string of the molecule is Cc1cc(Nc2nc(Nc3cc(C)c(C4CCN(CC(O)C(F)(F)F)CC4)cc3C)ncc2C)n[nH]1. The third-order valence-electron chi connectivity index (χ3n) is 6.62. The average Bonchev–Trinajstić information content (AvgIpc) is 3.22. The van der Waals surface area contributed by atoms with E-state index in [4.69, 9.17) is 0 Å². The molecule has 0 bridgehead atoms. The number of aromatic amines is 1. The van der Waals surface area contributed by atoms with E-state index in [2.05, 4.69) is 42.9 Å². The van der Waals surface area contributed by atoms with E-state index in [1.54, 1.807) is 11.1 Å². The number of likely N-dealkylation sites (tertiary alicyclic amines) is 1. The Balaban J connectivity index is 1.43. The summed E-state index contributed by atoms with van der Waals surface area (Å²) < 4.78 is 38.0. The van der Waals surface area contributed by atoms with Gasteiger partial charge in [-0.25, -0.2) is 4.98 Å². The van der Waals surface area contributed by atoms with Gasteiger partial charge in [0.25, 0.3) is 0 Å². The second kappa shape index (κ2) is 10.4. The van der Waals surface area contributed by atoms with E-state index in [-0.39, 0.29) is 12.5 Å². The van der Waals surface area contributed by atoms with Crippen LogP contribution >= 0.6 is 0 Å². The molecule has 3 aromatic rings. The Morgan fingerprint density at radius 3 is 2.42 bits per heavy atom. The van der Waals surface area contributed by atoms with Crippen molar-refractivity contribution in [1.82, 2.24) is 25.1 Å². The number of rotatable bonds is 7. The molecular formula is C25H32F3N7O. The molecule has 4 N–H and O–H groups in total. The Bertz CT molecular complexity index is 1200. The summed E-state index contributed by atoms with van der Waals surface area (Å²) in [4.78, 5) is 10.7. The lowest BCUT2D eigenvalue weighted by Gasteiger charge is -2.34. The molecule has 1 saturated heterocycles. The fourth-order valence-electron chi connectivity index (χ4n) is 4.54. The number of aliphatic hydroxyl groups is 1. The molecule has 3 heterocycles.